The summed E-state index contributed by atoms with van der Waals surface area (Å²) in [5, 5.41) is 8.99. The van der Waals surface area contributed by atoms with E-state index >= 15 is 0 Å². The maximum Gasteiger partial charge on any atom is 0.239 e. The van der Waals surface area contributed by atoms with Crippen molar-refractivity contribution >= 4 is 11.7 Å². The standard InChI is InChI=1S/C17H23N5O2/c18-12-13-1-4-20-15(11-13)21-5-7-22(8-6-21)17(23)16(19)14-2-9-24-10-3-14/h1,4,11,14,16H,2-3,5-10,19H2. The number of ether oxygens (including phenoxy) is 1. The van der Waals surface area contributed by atoms with Crippen LogP contribution in [0.15, 0.2) is 18.3 Å². The van der Waals surface area contributed by atoms with Crippen LogP contribution in [-0.2, 0) is 9.53 Å². The van der Waals surface area contributed by atoms with Crippen LogP contribution in [0.2, 0.25) is 0 Å². The number of hydrogen-bond acceptors (Lipinski definition) is 6. The van der Waals surface area contributed by atoms with Gasteiger partial charge in [0.25, 0.3) is 0 Å². The molecule has 2 saturated heterocycles. The summed E-state index contributed by atoms with van der Waals surface area (Å²) in [5.41, 5.74) is 6.79. The summed E-state index contributed by atoms with van der Waals surface area (Å²) in [5.74, 6) is 1.05. The van der Waals surface area contributed by atoms with E-state index in [1.165, 1.54) is 0 Å². The van der Waals surface area contributed by atoms with Crippen molar-refractivity contribution in [2.45, 2.75) is 18.9 Å². The third-order valence-electron chi connectivity index (χ3n) is 4.85. The summed E-state index contributed by atoms with van der Waals surface area (Å²) in [4.78, 5) is 20.9. The normalized spacial score (nSPS) is 20.5. The number of aromatic nitrogens is 1. The summed E-state index contributed by atoms with van der Waals surface area (Å²) in [7, 11) is 0. The molecule has 3 heterocycles. The number of nitrogens with zero attached hydrogens (tertiary/aromatic N) is 4. The number of carbonyl (C=O) groups excluding carboxylic acids is 1. The minimum atomic E-state index is -0.430. The maximum absolute atomic E-state index is 12.6. The molecule has 3 rings (SSSR count). The first-order valence-corrected chi connectivity index (χ1v) is 8.42. The van der Waals surface area contributed by atoms with Crippen molar-refractivity contribution in [3.63, 3.8) is 0 Å². The van der Waals surface area contributed by atoms with Gasteiger partial charge in [-0.2, -0.15) is 5.26 Å². The smallest absolute Gasteiger partial charge is 0.239 e. The topological polar surface area (TPSA) is 95.5 Å². The Labute approximate surface area is 142 Å². The quantitative estimate of drug-likeness (QED) is 0.860. The van der Waals surface area contributed by atoms with Crippen LogP contribution < -0.4 is 10.6 Å². The number of rotatable bonds is 3. The molecule has 2 N–H and O–H groups in total. The van der Waals surface area contributed by atoms with E-state index in [9.17, 15) is 4.79 Å². The van der Waals surface area contributed by atoms with Gasteiger partial charge in [0, 0.05) is 45.6 Å². The number of amides is 1. The van der Waals surface area contributed by atoms with Gasteiger partial charge in [-0.15, -0.1) is 0 Å². The van der Waals surface area contributed by atoms with Crippen LogP contribution in [-0.4, -0.2) is 61.2 Å². The van der Waals surface area contributed by atoms with Crippen LogP contribution in [0, 0.1) is 17.2 Å². The van der Waals surface area contributed by atoms with Gasteiger partial charge in [-0.1, -0.05) is 0 Å². The first kappa shape index (κ1) is 16.7. The van der Waals surface area contributed by atoms with Crippen LogP contribution >= 0.6 is 0 Å². The third kappa shape index (κ3) is 3.66. The first-order valence-electron chi connectivity index (χ1n) is 8.42. The molecule has 2 aliphatic heterocycles. The van der Waals surface area contributed by atoms with Crippen molar-refractivity contribution in [2.75, 3.05) is 44.3 Å². The molecule has 7 heteroatoms. The molecule has 1 unspecified atom stereocenters. The Morgan fingerprint density at radius 3 is 2.71 bits per heavy atom. The van der Waals surface area contributed by atoms with Crippen molar-refractivity contribution in [2.24, 2.45) is 11.7 Å². The fourth-order valence-electron chi connectivity index (χ4n) is 3.30. The summed E-state index contributed by atoms with van der Waals surface area (Å²) < 4.78 is 5.34. The highest BCUT2D eigenvalue weighted by Gasteiger charge is 2.31. The second kappa shape index (κ2) is 7.60. The van der Waals surface area contributed by atoms with Crippen LogP contribution in [0.25, 0.3) is 0 Å². The summed E-state index contributed by atoms with van der Waals surface area (Å²) in [6.45, 7) is 4.06. The third-order valence-corrected chi connectivity index (χ3v) is 4.85. The molecule has 0 spiro atoms. The monoisotopic (exact) mass is 329 g/mol. The van der Waals surface area contributed by atoms with Crippen LogP contribution in [0.3, 0.4) is 0 Å². The Morgan fingerprint density at radius 1 is 1.33 bits per heavy atom. The van der Waals surface area contributed by atoms with Gasteiger partial charge in [0.05, 0.1) is 17.7 Å². The molecule has 2 fully saturated rings. The second-order valence-electron chi connectivity index (χ2n) is 6.30. The highest BCUT2D eigenvalue weighted by molar-refractivity contribution is 5.82. The van der Waals surface area contributed by atoms with E-state index in [0.717, 1.165) is 18.7 Å². The van der Waals surface area contributed by atoms with Gasteiger partial charge < -0.3 is 20.3 Å². The average molecular weight is 329 g/mol. The Hall–Kier alpha value is -2.17. The first-order chi connectivity index (χ1) is 11.7. The molecule has 128 valence electrons. The molecule has 0 aromatic carbocycles. The molecule has 2 aliphatic rings. The van der Waals surface area contributed by atoms with Gasteiger partial charge in [0.1, 0.15) is 5.82 Å². The number of anilines is 1. The van der Waals surface area contributed by atoms with E-state index in [0.29, 0.717) is 45.0 Å². The van der Waals surface area contributed by atoms with Crippen LogP contribution in [0.5, 0.6) is 0 Å². The number of nitriles is 1. The summed E-state index contributed by atoms with van der Waals surface area (Å²) >= 11 is 0. The Balaban J connectivity index is 1.56. The number of nitrogens with two attached hydrogens (primary N) is 1. The van der Waals surface area contributed by atoms with E-state index in [-0.39, 0.29) is 11.8 Å². The van der Waals surface area contributed by atoms with Crippen LogP contribution in [0.1, 0.15) is 18.4 Å². The number of hydrogen-bond donors (Lipinski definition) is 1. The minimum absolute atomic E-state index is 0.0419. The molecule has 1 aromatic rings. The van der Waals surface area contributed by atoms with Gasteiger partial charge >= 0.3 is 0 Å². The predicted molar refractivity (Wildman–Crippen MR) is 89.3 cm³/mol. The van der Waals surface area contributed by atoms with E-state index in [1.807, 2.05) is 4.90 Å². The fraction of sp³-hybridized carbons (Fsp3) is 0.588. The van der Waals surface area contributed by atoms with Crippen molar-refractivity contribution in [3.8, 4) is 6.07 Å². The molecule has 1 atom stereocenters. The lowest BCUT2D eigenvalue weighted by Gasteiger charge is -2.38. The molecule has 0 bridgehead atoms. The van der Waals surface area contributed by atoms with E-state index < -0.39 is 6.04 Å². The minimum Gasteiger partial charge on any atom is -0.381 e. The number of carbonyl (C=O) groups is 1. The van der Waals surface area contributed by atoms with E-state index in [4.69, 9.17) is 15.7 Å². The van der Waals surface area contributed by atoms with Gasteiger partial charge in [-0.3, -0.25) is 4.79 Å². The molecular weight excluding hydrogens is 306 g/mol. The van der Waals surface area contributed by atoms with Gasteiger partial charge in [-0.05, 0) is 30.9 Å². The average Bonchev–Trinajstić information content (AvgIpc) is 2.67. The Morgan fingerprint density at radius 2 is 2.04 bits per heavy atom. The molecule has 0 radical (unpaired) electrons. The zero-order chi connectivity index (χ0) is 16.9. The van der Waals surface area contributed by atoms with Gasteiger partial charge in [0.15, 0.2) is 0 Å². The predicted octanol–water partition coefficient (Wildman–Crippen LogP) is 0.356. The van der Waals surface area contributed by atoms with Crippen molar-refractivity contribution in [1.29, 1.82) is 5.26 Å². The lowest BCUT2D eigenvalue weighted by molar-refractivity contribution is -0.135. The fourth-order valence-corrected chi connectivity index (χ4v) is 3.30. The molecule has 1 aromatic heterocycles. The second-order valence-corrected chi connectivity index (χ2v) is 6.30. The zero-order valence-electron chi connectivity index (χ0n) is 13.7. The largest absolute Gasteiger partial charge is 0.381 e. The summed E-state index contributed by atoms with van der Waals surface area (Å²) in [6, 6.07) is 5.17. The SMILES string of the molecule is N#Cc1ccnc(N2CCN(C(=O)C(N)C3CCOCC3)CC2)c1. The molecule has 0 aliphatic carbocycles. The number of pyridine rings is 1. The Kier molecular flexibility index (Phi) is 5.28. The molecular formula is C17H23N5O2. The highest BCUT2D eigenvalue weighted by Crippen LogP contribution is 2.20. The summed E-state index contributed by atoms with van der Waals surface area (Å²) in [6.07, 6.45) is 3.36. The lowest BCUT2D eigenvalue weighted by Crippen LogP contribution is -2.55. The molecule has 0 saturated carbocycles. The van der Waals surface area contributed by atoms with E-state index in [1.54, 1.807) is 18.3 Å². The van der Waals surface area contributed by atoms with Crippen molar-refractivity contribution in [1.82, 2.24) is 9.88 Å². The van der Waals surface area contributed by atoms with E-state index in [2.05, 4.69) is 16.0 Å². The molecule has 7 nitrogen and oxygen atoms in total. The molecule has 1 amide bonds. The highest BCUT2D eigenvalue weighted by atomic mass is 16.5. The van der Waals surface area contributed by atoms with Crippen molar-refractivity contribution < 1.29 is 9.53 Å². The Bertz CT molecular complexity index is 616. The van der Waals surface area contributed by atoms with Gasteiger partial charge in [-0.25, -0.2) is 4.98 Å². The molecule has 24 heavy (non-hydrogen) atoms. The number of piperazine rings is 1. The lowest BCUT2D eigenvalue weighted by atomic mass is 9.91. The van der Waals surface area contributed by atoms with Crippen molar-refractivity contribution in [3.05, 3.63) is 23.9 Å². The maximum atomic E-state index is 12.6. The zero-order valence-corrected chi connectivity index (χ0v) is 13.7. The van der Waals surface area contributed by atoms with Gasteiger partial charge in [0.2, 0.25) is 5.91 Å². The van der Waals surface area contributed by atoms with Crippen LogP contribution in [0.4, 0.5) is 5.82 Å².